The zero-order valence-corrected chi connectivity index (χ0v) is 9.13. The molecule has 0 aliphatic carbocycles. The Morgan fingerprint density at radius 1 is 1.20 bits per heavy atom. The summed E-state index contributed by atoms with van der Waals surface area (Å²) in [6, 6.07) is -1.46. The van der Waals surface area contributed by atoms with Crippen molar-refractivity contribution in [2.24, 2.45) is 5.73 Å². The number of hydrogen-bond acceptors (Lipinski definition) is 6. The van der Waals surface area contributed by atoms with Crippen molar-refractivity contribution in [3.63, 3.8) is 0 Å². The van der Waals surface area contributed by atoms with Gasteiger partial charge in [0, 0.05) is 0 Å². The number of halogens is 1. The second-order valence-electron chi connectivity index (χ2n) is 2.25. The van der Waals surface area contributed by atoms with E-state index in [-0.39, 0.29) is 19.0 Å². The van der Waals surface area contributed by atoms with Crippen LogP contribution in [-0.4, -0.2) is 44.7 Å². The maximum atomic E-state index is 11.0. The molecule has 88 valence electrons. The first-order chi connectivity index (χ1) is 6.56. The number of esters is 2. The number of nitrogens with one attached hydrogen (secondary N) is 1. The number of ether oxygens (including phenoxy) is 2. The third-order valence-corrected chi connectivity index (χ3v) is 1.36. The third-order valence-electron chi connectivity index (χ3n) is 1.36. The van der Waals surface area contributed by atoms with Gasteiger partial charge in [0.1, 0.15) is 0 Å². The highest BCUT2D eigenvalue weighted by Crippen LogP contribution is 1.91. The van der Waals surface area contributed by atoms with Crippen molar-refractivity contribution < 1.29 is 23.9 Å². The maximum absolute atomic E-state index is 11.0. The van der Waals surface area contributed by atoms with Crippen LogP contribution in [0, 0.1) is 0 Å². The highest BCUT2D eigenvalue weighted by atomic mass is 35.5. The number of carbonyl (C=O) groups is 3. The zero-order valence-electron chi connectivity index (χ0n) is 8.31. The fraction of sp³-hybridized carbons (Fsp3) is 0.571. The van der Waals surface area contributed by atoms with Crippen molar-refractivity contribution in [3.8, 4) is 0 Å². The highest BCUT2D eigenvalue weighted by Gasteiger charge is 2.29. The molecule has 0 radical (unpaired) electrons. The number of hydrogen-bond donors (Lipinski definition) is 2. The molecule has 0 aromatic rings. The van der Waals surface area contributed by atoms with Gasteiger partial charge in [0.05, 0.1) is 20.8 Å². The monoisotopic (exact) mass is 240 g/mol. The second kappa shape index (κ2) is 8.01. The van der Waals surface area contributed by atoms with Crippen molar-refractivity contribution in [1.82, 2.24) is 5.32 Å². The molecule has 0 saturated carbocycles. The predicted molar refractivity (Wildman–Crippen MR) is 52.3 cm³/mol. The number of rotatable bonds is 4. The van der Waals surface area contributed by atoms with Gasteiger partial charge in [0.15, 0.2) is 0 Å². The van der Waals surface area contributed by atoms with Crippen LogP contribution in [0.5, 0.6) is 0 Å². The molecule has 0 aliphatic heterocycles. The Morgan fingerprint density at radius 3 is 1.87 bits per heavy atom. The minimum absolute atomic E-state index is 0. The molecule has 8 heteroatoms. The molecule has 0 aromatic heterocycles. The lowest BCUT2D eigenvalue weighted by atomic mass is 10.3. The molecule has 0 heterocycles. The Hall–Kier alpha value is -1.34. The molecule has 0 fully saturated rings. The molecular weight excluding hydrogens is 228 g/mol. The summed E-state index contributed by atoms with van der Waals surface area (Å²) in [5.41, 5.74) is 4.99. The number of nitrogens with two attached hydrogens (primary N) is 1. The topological polar surface area (TPSA) is 108 Å². The van der Waals surface area contributed by atoms with E-state index in [4.69, 9.17) is 5.73 Å². The van der Waals surface area contributed by atoms with Gasteiger partial charge in [-0.15, -0.1) is 12.4 Å². The fourth-order valence-corrected chi connectivity index (χ4v) is 0.670. The van der Waals surface area contributed by atoms with Crippen LogP contribution in [0.15, 0.2) is 0 Å². The van der Waals surface area contributed by atoms with Crippen molar-refractivity contribution in [2.75, 3.05) is 20.8 Å². The van der Waals surface area contributed by atoms with Crippen molar-refractivity contribution in [3.05, 3.63) is 0 Å². The van der Waals surface area contributed by atoms with E-state index in [0.29, 0.717) is 0 Å². The van der Waals surface area contributed by atoms with Gasteiger partial charge in [-0.2, -0.15) is 0 Å². The van der Waals surface area contributed by atoms with Crippen LogP contribution in [0.1, 0.15) is 0 Å². The molecule has 7 nitrogen and oxygen atoms in total. The van der Waals surface area contributed by atoms with Gasteiger partial charge in [-0.1, -0.05) is 0 Å². The molecule has 0 rings (SSSR count). The molecule has 0 atom stereocenters. The molecule has 0 saturated heterocycles. The summed E-state index contributed by atoms with van der Waals surface area (Å²) < 4.78 is 8.57. The Labute approximate surface area is 92.7 Å². The summed E-state index contributed by atoms with van der Waals surface area (Å²) in [6.07, 6.45) is 0. The molecule has 1 amide bonds. The minimum Gasteiger partial charge on any atom is -0.467 e. The van der Waals surface area contributed by atoms with Crippen LogP contribution in [-0.2, 0) is 23.9 Å². The first-order valence-corrected chi connectivity index (χ1v) is 3.71. The van der Waals surface area contributed by atoms with E-state index < -0.39 is 23.9 Å². The highest BCUT2D eigenvalue weighted by molar-refractivity contribution is 6.02. The van der Waals surface area contributed by atoms with Crippen LogP contribution < -0.4 is 11.1 Å². The van der Waals surface area contributed by atoms with Crippen molar-refractivity contribution >= 4 is 30.3 Å². The quantitative estimate of drug-likeness (QED) is 0.443. The van der Waals surface area contributed by atoms with E-state index in [9.17, 15) is 14.4 Å². The molecule has 3 N–H and O–H groups in total. The molecule has 0 unspecified atom stereocenters. The average Bonchev–Trinajstić information content (AvgIpc) is 2.23. The summed E-state index contributed by atoms with van der Waals surface area (Å²) in [6.45, 7) is -0.329. The Bertz CT molecular complexity index is 230. The summed E-state index contributed by atoms with van der Waals surface area (Å²) in [5.74, 6) is -2.46. The number of methoxy groups -OCH3 is 2. The van der Waals surface area contributed by atoms with Crippen molar-refractivity contribution in [2.45, 2.75) is 6.04 Å². The lowest BCUT2D eigenvalue weighted by Gasteiger charge is -2.13. The molecule has 0 aromatic carbocycles. The van der Waals surface area contributed by atoms with Crippen LogP contribution in [0.3, 0.4) is 0 Å². The van der Waals surface area contributed by atoms with Crippen LogP contribution in [0.25, 0.3) is 0 Å². The van der Waals surface area contributed by atoms with Gasteiger partial charge in [0.2, 0.25) is 11.9 Å². The summed E-state index contributed by atoms with van der Waals surface area (Å²) in [7, 11) is 2.18. The summed E-state index contributed by atoms with van der Waals surface area (Å²) in [5, 5.41) is 2.06. The SMILES string of the molecule is COC(=O)C(NC(=O)CN)C(=O)OC.Cl. The average molecular weight is 241 g/mol. The van der Waals surface area contributed by atoms with Crippen LogP contribution in [0.2, 0.25) is 0 Å². The first-order valence-electron chi connectivity index (χ1n) is 3.71. The van der Waals surface area contributed by atoms with E-state index in [1.165, 1.54) is 0 Å². The molecular formula is C7H13ClN2O5. The summed E-state index contributed by atoms with van der Waals surface area (Å²) >= 11 is 0. The lowest BCUT2D eigenvalue weighted by Crippen LogP contribution is -2.49. The van der Waals surface area contributed by atoms with Crippen LogP contribution >= 0.6 is 12.4 Å². The molecule has 0 spiro atoms. The van der Waals surface area contributed by atoms with Gasteiger partial charge in [0.25, 0.3) is 0 Å². The Balaban J connectivity index is 0. The van der Waals surface area contributed by atoms with Gasteiger partial charge in [-0.05, 0) is 0 Å². The molecule has 0 aliphatic rings. The number of amides is 1. The van der Waals surface area contributed by atoms with Gasteiger partial charge >= 0.3 is 11.9 Å². The molecule has 15 heavy (non-hydrogen) atoms. The van der Waals surface area contributed by atoms with E-state index >= 15 is 0 Å². The standard InChI is InChI=1S/C7H12N2O5.ClH/c1-13-6(11)5(7(12)14-2)9-4(10)3-8;/h5H,3,8H2,1-2H3,(H,9,10);1H. The van der Waals surface area contributed by atoms with E-state index in [0.717, 1.165) is 14.2 Å². The van der Waals surface area contributed by atoms with Gasteiger partial charge < -0.3 is 20.5 Å². The summed E-state index contributed by atoms with van der Waals surface area (Å²) in [4.78, 5) is 32.8. The zero-order chi connectivity index (χ0) is 11.1. The van der Waals surface area contributed by atoms with E-state index in [2.05, 4.69) is 14.8 Å². The largest absolute Gasteiger partial charge is 0.467 e. The maximum Gasteiger partial charge on any atom is 0.340 e. The first kappa shape index (κ1) is 16.1. The van der Waals surface area contributed by atoms with Gasteiger partial charge in [-0.3, -0.25) is 4.79 Å². The minimum atomic E-state index is -1.46. The Morgan fingerprint density at radius 2 is 1.60 bits per heavy atom. The normalized spacial score (nSPS) is 8.80. The predicted octanol–water partition coefficient (Wildman–Crippen LogP) is -1.80. The Kier molecular flexibility index (Phi) is 8.60. The molecule has 0 bridgehead atoms. The van der Waals surface area contributed by atoms with E-state index in [1.54, 1.807) is 0 Å². The third kappa shape index (κ3) is 5.18. The van der Waals surface area contributed by atoms with E-state index in [1.807, 2.05) is 0 Å². The smallest absolute Gasteiger partial charge is 0.340 e. The van der Waals surface area contributed by atoms with Gasteiger partial charge in [-0.25, -0.2) is 9.59 Å². The lowest BCUT2D eigenvalue weighted by molar-refractivity contribution is -0.156. The number of carbonyl (C=O) groups excluding carboxylic acids is 3. The fourth-order valence-electron chi connectivity index (χ4n) is 0.670. The second-order valence-corrected chi connectivity index (χ2v) is 2.25. The van der Waals surface area contributed by atoms with Crippen molar-refractivity contribution in [1.29, 1.82) is 0 Å². The van der Waals surface area contributed by atoms with Crippen LogP contribution in [0.4, 0.5) is 0 Å².